The van der Waals surface area contributed by atoms with E-state index in [1.54, 1.807) is 0 Å². The number of unbranched alkanes of at least 4 members (excludes halogenated alkanes) is 1. The van der Waals surface area contributed by atoms with Gasteiger partial charge in [-0.1, -0.05) is 67.5 Å². The first-order valence-corrected chi connectivity index (χ1v) is 10.3. The van der Waals surface area contributed by atoms with E-state index in [0.717, 1.165) is 5.92 Å². The maximum absolute atomic E-state index is 6.39. The summed E-state index contributed by atoms with van der Waals surface area (Å²) < 4.78 is 14.0. The summed E-state index contributed by atoms with van der Waals surface area (Å²) in [6.07, 6.45) is 10.9. The van der Waals surface area contributed by atoms with Crippen LogP contribution in [-0.4, -0.2) is 22.7 Å². The molecular weight excluding hydrogens is 374 g/mol. The molecule has 1 unspecified atom stereocenters. The third-order valence-electron chi connectivity index (χ3n) is 5.80. The summed E-state index contributed by atoms with van der Waals surface area (Å²) in [7, 11) is 0.00677. The lowest BCUT2D eigenvalue weighted by Gasteiger charge is -2.32. The third-order valence-corrected chi connectivity index (χ3v) is 6.56. The molecule has 0 aromatic carbocycles. The van der Waals surface area contributed by atoms with Crippen LogP contribution in [-0.2, 0) is 9.31 Å². The zero-order chi connectivity index (χ0) is 15.5. The van der Waals surface area contributed by atoms with Crippen molar-refractivity contribution in [3.05, 3.63) is 0 Å². The molecule has 1 saturated heterocycles. The summed E-state index contributed by atoms with van der Waals surface area (Å²) >= 11 is 2.49. The summed E-state index contributed by atoms with van der Waals surface area (Å²) in [5.74, 6) is 1.40. The van der Waals surface area contributed by atoms with Crippen LogP contribution >= 0.6 is 22.6 Å². The van der Waals surface area contributed by atoms with Gasteiger partial charge in [0, 0.05) is 0 Å². The van der Waals surface area contributed by atoms with E-state index in [2.05, 4.69) is 50.3 Å². The van der Waals surface area contributed by atoms with Crippen LogP contribution in [0, 0.1) is 5.92 Å². The van der Waals surface area contributed by atoms with Crippen molar-refractivity contribution in [2.45, 2.75) is 96.1 Å². The number of halogens is 1. The summed E-state index contributed by atoms with van der Waals surface area (Å²) in [4.78, 5) is 0. The van der Waals surface area contributed by atoms with Gasteiger partial charge in [0.2, 0.25) is 0 Å². The molecule has 0 aromatic heterocycles. The van der Waals surface area contributed by atoms with E-state index in [0.29, 0.717) is 5.82 Å². The standard InChI is InChI=1S/C17H32BIO2/c1-16(2)17(3,4)21-18(20-16)15(12-8-9-13-19)14-10-6-5-7-11-14/h14-15H,5-13H2,1-4H3. The Kier molecular flexibility index (Phi) is 6.47. The Morgan fingerprint density at radius 2 is 1.57 bits per heavy atom. The van der Waals surface area contributed by atoms with Gasteiger partial charge in [-0.15, -0.1) is 0 Å². The minimum absolute atomic E-state index is 0.00677. The molecule has 2 rings (SSSR count). The predicted octanol–water partition coefficient (Wildman–Crippen LogP) is 5.63. The van der Waals surface area contributed by atoms with Gasteiger partial charge < -0.3 is 9.31 Å². The molecule has 122 valence electrons. The molecule has 2 aliphatic rings. The molecule has 0 amide bonds. The predicted molar refractivity (Wildman–Crippen MR) is 99.1 cm³/mol. The van der Waals surface area contributed by atoms with Crippen molar-refractivity contribution in [1.82, 2.24) is 0 Å². The molecule has 1 heterocycles. The highest BCUT2D eigenvalue weighted by Gasteiger charge is 2.54. The lowest BCUT2D eigenvalue weighted by atomic mass is 9.59. The molecule has 0 bridgehead atoms. The zero-order valence-electron chi connectivity index (χ0n) is 14.3. The van der Waals surface area contributed by atoms with Crippen LogP contribution in [0.2, 0.25) is 5.82 Å². The normalized spacial score (nSPS) is 27.0. The van der Waals surface area contributed by atoms with Gasteiger partial charge in [-0.2, -0.15) is 0 Å². The Labute approximate surface area is 145 Å². The van der Waals surface area contributed by atoms with Gasteiger partial charge in [0.15, 0.2) is 0 Å². The fraction of sp³-hybridized carbons (Fsp3) is 1.00. The molecule has 1 atom stereocenters. The van der Waals surface area contributed by atoms with E-state index >= 15 is 0 Å². The SMILES string of the molecule is CC1(C)OB(C(CCCCI)C2CCCCC2)OC1(C)C. The second kappa shape index (κ2) is 7.52. The van der Waals surface area contributed by atoms with Crippen LogP contribution < -0.4 is 0 Å². The molecule has 2 fully saturated rings. The molecule has 0 spiro atoms. The van der Waals surface area contributed by atoms with E-state index in [1.165, 1.54) is 55.8 Å². The number of rotatable bonds is 6. The van der Waals surface area contributed by atoms with Crippen molar-refractivity contribution >= 4 is 29.7 Å². The Bertz CT molecular complexity index is 311. The van der Waals surface area contributed by atoms with Gasteiger partial charge in [-0.3, -0.25) is 0 Å². The van der Waals surface area contributed by atoms with E-state index in [9.17, 15) is 0 Å². The van der Waals surface area contributed by atoms with Crippen LogP contribution in [0.5, 0.6) is 0 Å². The molecule has 1 aliphatic heterocycles. The van der Waals surface area contributed by atoms with Crippen LogP contribution in [0.15, 0.2) is 0 Å². The van der Waals surface area contributed by atoms with Crippen molar-refractivity contribution in [3.8, 4) is 0 Å². The first-order valence-electron chi connectivity index (χ1n) is 8.79. The van der Waals surface area contributed by atoms with Gasteiger partial charge in [0.1, 0.15) is 0 Å². The average Bonchev–Trinajstić information content (AvgIpc) is 2.64. The minimum atomic E-state index is -0.187. The second-order valence-corrected chi connectivity index (χ2v) is 8.95. The van der Waals surface area contributed by atoms with Crippen LogP contribution in [0.1, 0.15) is 79.1 Å². The Morgan fingerprint density at radius 3 is 2.10 bits per heavy atom. The molecule has 21 heavy (non-hydrogen) atoms. The third kappa shape index (κ3) is 4.38. The largest absolute Gasteiger partial charge is 0.461 e. The van der Waals surface area contributed by atoms with Gasteiger partial charge in [0.25, 0.3) is 0 Å². The van der Waals surface area contributed by atoms with E-state index in [4.69, 9.17) is 9.31 Å². The topological polar surface area (TPSA) is 18.5 Å². The van der Waals surface area contributed by atoms with E-state index in [1.807, 2.05) is 0 Å². The molecule has 1 aliphatic carbocycles. The van der Waals surface area contributed by atoms with Crippen molar-refractivity contribution in [2.24, 2.45) is 5.92 Å². The van der Waals surface area contributed by atoms with E-state index < -0.39 is 0 Å². The number of alkyl halides is 1. The van der Waals surface area contributed by atoms with Gasteiger partial charge in [-0.05, 0) is 50.3 Å². The first-order chi connectivity index (χ1) is 9.87. The number of hydrogen-bond acceptors (Lipinski definition) is 2. The Hall–Kier alpha value is 0.715. The first kappa shape index (κ1) is 18.1. The van der Waals surface area contributed by atoms with Crippen molar-refractivity contribution in [3.63, 3.8) is 0 Å². The van der Waals surface area contributed by atoms with Gasteiger partial charge >= 0.3 is 7.12 Å². The maximum Gasteiger partial charge on any atom is 0.461 e. The summed E-state index contributed by atoms with van der Waals surface area (Å²) in [5.41, 5.74) is -0.373. The van der Waals surface area contributed by atoms with Crippen LogP contribution in [0.25, 0.3) is 0 Å². The average molecular weight is 406 g/mol. The van der Waals surface area contributed by atoms with Crippen molar-refractivity contribution in [2.75, 3.05) is 4.43 Å². The van der Waals surface area contributed by atoms with Gasteiger partial charge in [-0.25, -0.2) is 0 Å². The van der Waals surface area contributed by atoms with Crippen LogP contribution in [0.4, 0.5) is 0 Å². The van der Waals surface area contributed by atoms with Crippen LogP contribution in [0.3, 0.4) is 0 Å². The second-order valence-electron chi connectivity index (χ2n) is 7.87. The van der Waals surface area contributed by atoms with Gasteiger partial charge in [0.05, 0.1) is 11.2 Å². The lowest BCUT2D eigenvalue weighted by Crippen LogP contribution is -2.41. The highest BCUT2D eigenvalue weighted by Crippen LogP contribution is 2.46. The highest BCUT2D eigenvalue weighted by atomic mass is 127. The molecule has 0 aromatic rings. The monoisotopic (exact) mass is 406 g/mol. The molecule has 0 N–H and O–H groups in total. The smallest absolute Gasteiger partial charge is 0.403 e. The molecule has 2 nitrogen and oxygen atoms in total. The summed E-state index contributed by atoms with van der Waals surface area (Å²) in [6.45, 7) is 8.71. The number of hydrogen-bond donors (Lipinski definition) is 0. The minimum Gasteiger partial charge on any atom is -0.403 e. The fourth-order valence-electron chi connectivity index (χ4n) is 3.69. The van der Waals surface area contributed by atoms with Crippen molar-refractivity contribution in [1.29, 1.82) is 0 Å². The maximum atomic E-state index is 6.39. The van der Waals surface area contributed by atoms with Crippen molar-refractivity contribution < 1.29 is 9.31 Å². The summed E-state index contributed by atoms with van der Waals surface area (Å²) in [5, 5.41) is 0. The fourth-order valence-corrected chi connectivity index (χ4v) is 4.23. The Balaban J connectivity index is 2.04. The summed E-state index contributed by atoms with van der Waals surface area (Å²) in [6, 6.07) is 0. The molecule has 0 radical (unpaired) electrons. The van der Waals surface area contributed by atoms with E-state index in [-0.39, 0.29) is 18.3 Å². The lowest BCUT2D eigenvalue weighted by molar-refractivity contribution is 0.00578. The molecular formula is C17H32BIO2. The molecule has 1 saturated carbocycles. The Morgan fingerprint density at radius 1 is 1.00 bits per heavy atom. The quantitative estimate of drug-likeness (QED) is 0.246. The highest BCUT2D eigenvalue weighted by molar-refractivity contribution is 14.1. The zero-order valence-corrected chi connectivity index (χ0v) is 16.4. The molecule has 4 heteroatoms.